The smallest absolute Gasteiger partial charge is 0.152 e. The molecule has 5 nitrogen and oxygen atoms in total. The molecule has 0 saturated carbocycles. The molecule has 2 fully saturated rings. The van der Waals surface area contributed by atoms with E-state index in [1.54, 1.807) is 0 Å². The van der Waals surface area contributed by atoms with Crippen molar-refractivity contribution in [2.75, 3.05) is 50.9 Å². The lowest BCUT2D eigenvalue weighted by atomic mass is 10.0. The Bertz CT molecular complexity index is 344. The summed E-state index contributed by atoms with van der Waals surface area (Å²) in [6, 6.07) is 0.434. The van der Waals surface area contributed by atoms with Crippen LogP contribution in [0.25, 0.3) is 0 Å². The zero-order valence-electron chi connectivity index (χ0n) is 11.1. The monoisotopic (exact) mass is 276 g/mol. The van der Waals surface area contributed by atoms with Crippen molar-refractivity contribution in [3.8, 4) is 0 Å². The quantitative estimate of drug-likeness (QED) is 0.749. The largest absolute Gasteiger partial charge is 0.379 e. The Morgan fingerprint density at radius 3 is 2.67 bits per heavy atom. The molecule has 106 valence electrons. The highest BCUT2D eigenvalue weighted by Crippen LogP contribution is 2.16. The van der Waals surface area contributed by atoms with Crippen LogP contribution in [0.2, 0.25) is 0 Å². The maximum Gasteiger partial charge on any atom is 0.152 e. The first-order valence-corrected chi connectivity index (χ1v) is 8.67. The van der Waals surface area contributed by atoms with Crippen molar-refractivity contribution in [3.63, 3.8) is 0 Å². The lowest BCUT2D eigenvalue weighted by Gasteiger charge is -2.30. The molecule has 2 aliphatic heterocycles. The van der Waals surface area contributed by atoms with Crippen molar-refractivity contribution in [1.29, 1.82) is 0 Å². The Labute approximate surface area is 110 Å². The molecule has 0 aliphatic carbocycles. The first kappa shape index (κ1) is 14.2. The molecule has 0 amide bonds. The second-order valence-electron chi connectivity index (χ2n) is 5.31. The molecule has 2 aliphatic rings. The molecule has 0 aromatic heterocycles. The predicted molar refractivity (Wildman–Crippen MR) is 71.5 cm³/mol. The molecule has 2 rings (SSSR count). The Kier molecular flexibility index (Phi) is 5.00. The molecule has 0 aromatic carbocycles. The lowest BCUT2D eigenvalue weighted by Crippen LogP contribution is -2.46. The summed E-state index contributed by atoms with van der Waals surface area (Å²) in [7, 11) is -2.77. The van der Waals surface area contributed by atoms with E-state index in [0.29, 0.717) is 36.6 Å². The van der Waals surface area contributed by atoms with Gasteiger partial charge in [-0.2, -0.15) is 0 Å². The molecule has 6 heteroatoms. The van der Waals surface area contributed by atoms with Gasteiger partial charge < -0.3 is 15.0 Å². The van der Waals surface area contributed by atoms with Gasteiger partial charge in [0, 0.05) is 31.6 Å². The SMILES string of the molecule is CCCNC1COCC1CN1CCS(=O)(=O)CC1. The van der Waals surface area contributed by atoms with E-state index in [0.717, 1.165) is 32.7 Å². The van der Waals surface area contributed by atoms with Gasteiger partial charge in [-0.3, -0.25) is 0 Å². The van der Waals surface area contributed by atoms with Crippen molar-refractivity contribution in [1.82, 2.24) is 10.2 Å². The van der Waals surface area contributed by atoms with Crippen LogP contribution in [-0.4, -0.2) is 70.3 Å². The van der Waals surface area contributed by atoms with E-state index < -0.39 is 9.84 Å². The van der Waals surface area contributed by atoms with Gasteiger partial charge in [-0.25, -0.2) is 8.42 Å². The standard InChI is InChI=1S/C12H24N2O3S/c1-2-3-13-12-10-17-9-11(12)8-14-4-6-18(15,16)7-5-14/h11-13H,2-10H2,1H3. The number of hydrogen-bond donors (Lipinski definition) is 1. The zero-order chi connectivity index (χ0) is 13.0. The van der Waals surface area contributed by atoms with Crippen LogP contribution in [0.1, 0.15) is 13.3 Å². The van der Waals surface area contributed by atoms with Crippen LogP contribution in [0.15, 0.2) is 0 Å². The number of rotatable bonds is 5. The number of sulfone groups is 1. The first-order valence-electron chi connectivity index (χ1n) is 6.84. The second-order valence-corrected chi connectivity index (χ2v) is 7.61. The minimum absolute atomic E-state index is 0.313. The predicted octanol–water partition coefficient (Wildman–Crippen LogP) is -0.269. The van der Waals surface area contributed by atoms with Gasteiger partial charge in [-0.05, 0) is 13.0 Å². The number of hydrogen-bond acceptors (Lipinski definition) is 5. The first-order chi connectivity index (χ1) is 8.61. The van der Waals surface area contributed by atoms with Crippen molar-refractivity contribution < 1.29 is 13.2 Å². The lowest BCUT2D eigenvalue weighted by molar-refractivity contribution is 0.169. The number of ether oxygens (including phenoxy) is 1. The van der Waals surface area contributed by atoms with E-state index >= 15 is 0 Å². The minimum atomic E-state index is -2.77. The van der Waals surface area contributed by atoms with E-state index in [1.807, 2.05) is 0 Å². The van der Waals surface area contributed by atoms with Crippen LogP contribution in [0, 0.1) is 5.92 Å². The van der Waals surface area contributed by atoms with Gasteiger partial charge in [0.15, 0.2) is 9.84 Å². The van der Waals surface area contributed by atoms with Crippen LogP contribution >= 0.6 is 0 Å². The molecule has 0 radical (unpaired) electrons. The van der Waals surface area contributed by atoms with Gasteiger partial charge in [0.05, 0.1) is 24.7 Å². The van der Waals surface area contributed by atoms with Gasteiger partial charge >= 0.3 is 0 Å². The Morgan fingerprint density at radius 1 is 1.28 bits per heavy atom. The van der Waals surface area contributed by atoms with Crippen molar-refractivity contribution in [2.24, 2.45) is 5.92 Å². The summed E-state index contributed by atoms with van der Waals surface area (Å²) in [4.78, 5) is 2.26. The normalized spacial score (nSPS) is 32.7. The second kappa shape index (κ2) is 6.32. The van der Waals surface area contributed by atoms with Crippen LogP contribution in [0.3, 0.4) is 0 Å². The van der Waals surface area contributed by atoms with E-state index in [2.05, 4.69) is 17.1 Å². The summed E-state index contributed by atoms with van der Waals surface area (Å²) < 4.78 is 28.3. The molecule has 18 heavy (non-hydrogen) atoms. The van der Waals surface area contributed by atoms with Crippen LogP contribution in [0.4, 0.5) is 0 Å². The highest BCUT2D eigenvalue weighted by Gasteiger charge is 2.31. The van der Waals surface area contributed by atoms with Crippen LogP contribution in [-0.2, 0) is 14.6 Å². The van der Waals surface area contributed by atoms with E-state index in [9.17, 15) is 8.42 Å². The van der Waals surface area contributed by atoms with Crippen molar-refractivity contribution in [2.45, 2.75) is 19.4 Å². The zero-order valence-corrected chi connectivity index (χ0v) is 11.9. The van der Waals surface area contributed by atoms with Crippen LogP contribution < -0.4 is 5.32 Å². The van der Waals surface area contributed by atoms with E-state index in [-0.39, 0.29) is 0 Å². The third-order valence-electron chi connectivity index (χ3n) is 3.78. The maximum absolute atomic E-state index is 11.4. The Morgan fingerprint density at radius 2 is 2.00 bits per heavy atom. The van der Waals surface area contributed by atoms with Gasteiger partial charge in [0.1, 0.15) is 0 Å². The summed E-state index contributed by atoms with van der Waals surface area (Å²) in [6.07, 6.45) is 1.13. The number of nitrogens with zero attached hydrogens (tertiary/aromatic N) is 1. The molecule has 0 bridgehead atoms. The maximum atomic E-state index is 11.4. The molecule has 1 N–H and O–H groups in total. The summed E-state index contributed by atoms with van der Waals surface area (Å²) in [6.45, 7) is 7.09. The van der Waals surface area contributed by atoms with Gasteiger partial charge in [-0.15, -0.1) is 0 Å². The van der Waals surface area contributed by atoms with Gasteiger partial charge in [0.25, 0.3) is 0 Å². The molecule has 2 atom stereocenters. The average molecular weight is 276 g/mol. The summed E-state index contributed by atoms with van der Waals surface area (Å²) >= 11 is 0. The molecular weight excluding hydrogens is 252 g/mol. The average Bonchev–Trinajstić information content (AvgIpc) is 2.77. The highest BCUT2D eigenvalue weighted by molar-refractivity contribution is 7.91. The highest BCUT2D eigenvalue weighted by atomic mass is 32.2. The summed E-state index contributed by atoms with van der Waals surface area (Å²) in [5.41, 5.74) is 0. The topological polar surface area (TPSA) is 58.6 Å². The Balaban J connectivity index is 1.78. The Hall–Kier alpha value is -0.170. The molecule has 2 saturated heterocycles. The molecule has 0 aromatic rings. The van der Waals surface area contributed by atoms with E-state index in [1.165, 1.54) is 0 Å². The van der Waals surface area contributed by atoms with Crippen molar-refractivity contribution >= 4 is 9.84 Å². The third kappa shape index (κ3) is 3.91. The fourth-order valence-corrected chi connectivity index (χ4v) is 3.88. The summed E-state index contributed by atoms with van der Waals surface area (Å²) in [5, 5.41) is 3.52. The molecule has 0 spiro atoms. The van der Waals surface area contributed by atoms with Gasteiger partial charge in [0.2, 0.25) is 0 Å². The van der Waals surface area contributed by atoms with Crippen molar-refractivity contribution in [3.05, 3.63) is 0 Å². The third-order valence-corrected chi connectivity index (χ3v) is 5.39. The van der Waals surface area contributed by atoms with E-state index in [4.69, 9.17) is 4.74 Å². The molecule has 2 unspecified atom stereocenters. The van der Waals surface area contributed by atoms with Crippen LogP contribution in [0.5, 0.6) is 0 Å². The fourth-order valence-electron chi connectivity index (χ4n) is 2.60. The number of nitrogens with one attached hydrogen (secondary N) is 1. The molecule has 2 heterocycles. The molecular formula is C12H24N2O3S. The summed E-state index contributed by atoms with van der Waals surface area (Å²) in [5.74, 6) is 1.12. The fraction of sp³-hybridized carbons (Fsp3) is 1.00. The van der Waals surface area contributed by atoms with Gasteiger partial charge in [-0.1, -0.05) is 6.92 Å². The minimum Gasteiger partial charge on any atom is -0.379 e.